The van der Waals surface area contributed by atoms with Crippen molar-refractivity contribution in [2.24, 2.45) is 0 Å². The number of para-hydroxylation sites is 1. The lowest BCUT2D eigenvalue weighted by molar-refractivity contribution is -0.0424. The highest BCUT2D eigenvalue weighted by molar-refractivity contribution is 6.13. The number of aromatic nitrogens is 1. The van der Waals surface area contributed by atoms with Crippen molar-refractivity contribution in [2.45, 2.75) is 12.8 Å². The third kappa shape index (κ3) is 3.63. The molecule has 0 radical (unpaired) electrons. The molecule has 0 saturated carbocycles. The standard InChI is InChI=1S/C21H15N3O3/c1-23-18(20(25)14-6-8-15(9-7-14)21(26)27)12-16-13-24(11-10-22)19-5-3-2-4-17(16)19/h2-9,12-13,21,26-27H,11H2/b18-12-. The average molecular weight is 357 g/mol. The number of rotatable bonds is 5. The van der Waals surface area contributed by atoms with Gasteiger partial charge in [0.2, 0.25) is 5.70 Å². The van der Waals surface area contributed by atoms with Gasteiger partial charge in [0, 0.05) is 28.2 Å². The maximum absolute atomic E-state index is 12.7. The number of carbonyl (C=O) groups excluding carboxylic acids is 1. The summed E-state index contributed by atoms with van der Waals surface area (Å²) >= 11 is 0. The molecule has 1 heterocycles. The van der Waals surface area contributed by atoms with Crippen molar-refractivity contribution >= 4 is 22.8 Å². The number of hydrogen-bond acceptors (Lipinski definition) is 4. The number of fused-ring (bicyclic) bond motifs is 1. The van der Waals surface area contributed by atoms with E-state index < -0.39 is 12.1 Å². The lowest BCUT2D eigenvalue weighted by Gasteiger charge is -2.05. The lowest BCUT2D eigenvalue weighted by Crippen LogP contribution is -2.02. The van der Waals surface area contributed by atoms with Gasteiger partial charge in [0.25, 0.3) is 0 Å². The highest BCUT2D eigenvalue weighted by atomic mass is 16.5. The maximum Gasteiger partial charge on any atom is 0.234 e. The van der Waals surface area contributed by atoms with Crippen molar-refractivity contribution in [2.75, 3.05) is 0 Å². The van der Waals surface area contributed by atoms with Crippen LogP contribution in [0.3, 0.4) is 0 Å². The van der Waals surface area contributed by atoms with Gasteiger partial charge in [-0.05, 0) is 17.7 Å². The van der Waals surface area contributed by atoms with Gasteiger partial charge in [-0.1, -0.05) is 42.5 Å². The summed E-state index contributed by atoms with van der Waals surface area (Å²) in [6.07, 6.45) is 1.65. The molecule has 3 aromatic rings. The summed E-state index contributed by atoms with van der Waals surface area (Å²) in [5.41, 5.74) is 2.01. The normalized spacial score (nSPS) is 11.4. The van der Waals surface area contributed by atoms with Crippen molar-refractivity contribution in [3.05, 3.63) is 88.5 Å². The van der Waals surface area contributed by atoms with Gasteiger partial charge in [-0.3, -0.25) is 0 Å². The van der Waals surface area contributed by atoms with E-state index in [2.05, 4.69) is 10.9 Å². The Morgan fingerprint density at radius 2 is 1.93 bits per heavy atom. The highest BCUT2D eigenvalue weighted by Gasteiger charge is 2.15. The van der Waals surface area contributed by atoms with Crippen LogP contribution in [0.25, 0.3) is 21.8 Å². The van der Waals surface area contributed by atoms with Crippen molar-refractivity contribution in [3.8, 4) is 6.07 Å². The number of Topliss-reactive ketones (excluding diaryl/α,β-unsaturated/α-hetero) is 1. The zero-order valence-electron chi connectivity index (χ0n) is 14.2. The number of nitriles is 1. The minimum Gasteiger partial charge on any atom is -0.364 e. The zero-order valence-corrected chi connectivity index (χ0v) is 14.2. The molecule has 6 nitrogen and oxygen atoms in total. The summed E-state index contributed by atoms with van der Waals surface area (Å²) in [6, 6.07) is 15.3. The van der Waals surface area contributed by atoms with E-state index in [9.17, 15) is 4.79 Å². The second-order valence-corrected chi connectivity index (χ2v) is 5.85. The minimum atomic E-state index is -1.61. The van der Waals surface area contributed by atoms with Crippen molar-refractivity contribution in [1.29, 1.82) is 5.26 Å². The number of benzene rings is 2. The molecule has 0 amide bonds. The summed E-state index contributed by atoms with van der Waals surface area (Å²) in [7, 11) is 0. The molecule has 132 valence electrons. The largest absolute Gasteiger partial charge is 0.364 e. The maximum atomic E-state index is 12.7. The van der Waals surface area contributed by atoms with Gasteiger partial charge in [0.05, 0.1) is 12.6 Å². The second kappa shape index (κ2) is 7.67. The highest BCUT2D eigenvalue weighted by Crippen LogP contribution is 2.25. The van der Waals surface area contributed by atoms with Crippen LogP contribution in [0.5, 0.6) is 0 Å². The molecule has 0 fully saturated rings. The molecule has 0 aliphatic carbocycles. The van der Waals surface area contributed by atoms with Gasteiger partial charge in [-0.2, -0.15) is 5.26 Å². The Hall–Kier alpha value is -3.71. The van der Waals surface area contributed by atoms with Crippen LogP contribution in [0.2, 0.25) is 0 Å². The lowest BCUT2D eigenvalue weighted by atomic mass is 10.0. The third-order valence-electron chi connectivity index (χ3n) is 4.18. The number of aliphatic hydroxyl groups excluding tert-OH is 1. The number of allylic oxidation sites excluding steroid dienone is 1. The molecule has 0 unspecified atom stereocenters. The van der Waals surface area contributed by atoms with E-state index in [1.54, 1.807) is 10.8 Å². The number of nitrogens with zero attached hydrogens (tertiary/aromatic N) is 3. The van der Waals surface area contributed by atoms with E-state index in [-0.39, 0.29) is 23.4 Å². The molecule has 2 N–H and O–H groups in total. The molecule has 6 heteroatoms. The van der Waals surface area contributed by atoms with Crippen LogP contribution in [0.1, 0.15) is 27.8 Å². The Labute approximate surface area is 155 Å². The van der Waals surface area contributed by atoms with E-state index in [4.69, 9.17) is 22.0 Å². The first-order chi connectivity index (χ1) is 13.0. The SMILES string of the molecule is [C-]#[N+]/C(=C\c1cn(CC#N)c2ccccc12)C(=O)c1ccc(C(O)O)cc1. The first-order valence-corrected chi connectivity index (χ1v) is 8.10. The summed E-state index contributed by atoms with van der Waals surface area (Å²) in [5, 5.41) is 28.1. The third-order valence-corrected chi connectivity index (χ3v) is 4.18. The second-order valence-electron chi connectivity index (χ2n) is 5.85. The Morgan fingerprint density at radius 1 is 1.22 bits per heavy atom. The predicted octanol–water partition coefficient (Wildman–Crippen LogP) is 3.29. The topological polar surface area (TPSA) is 90.6 Å². The van der Waals surface area contributed by atoms with Gasteiger partial charge in [0.15, 0.2) is 12.1 Å². The first kappa shape index (κ1) is 18.1. The molecule has 1 aromatic heterocycles. The molecular weight excluding hydrogens is 342 g/mol. The van der Waals surface area contributed by atoms with Crippen molar-refractivity contribution in [1.82, 2.24) is 4.57 Å². The van der Waals surface area contributed by atoms with Crippen molar-refractivity contribution < 1.29 is 15.0 Å². The summed E-state index contributed by atoms with van der Waals surface area (Å²) in [5.74, 6) is -0.457. The van der Waals surface area contributed by atoms with E-state index >= 15 is 0 Å². The predicted molar refractivity (Wildman–Crippen MR) is 100 cm³/mol. The molecular formula is C21H15N3O3. The van der Waals surface area contributed by atoms with Crippen LogP contribution in [0, 0.1) is 17.9 Å². The van der Waals surface area contributed by atoms with E-state index in [0.717, 1.165) is 10.9 Å². The molecule has 0 aliphatic rings. The fourth-order valence-corrected chi connectivity index (χ4v) is 2.85. The van der Waals surface area contributed by atoms with Crippen LogP contribution >= 0.6 is 0 Å². The number of carbonyl (C=O) groups is 1. The Balaban J connectivity index is 2.02. The van der Waals surface area contributed by atoms with Crippen LogP contribution in [-0.4, -0.2) is 20.6 Å². The summed E-state index contributed by atoms with van der Waals surface area (Å²) in [4.78, 5) is 16.0. The van der Waals surface area contributed by atoms with Crippen LogP contribution in [0.15, 0.2) is 60.4 Å². The average Bonchev–Trinajstić information content (AvgIpc) is 3.03. The fraction of sp³-hybridized carbons (Fsp3) is 0.0952. The molecule has 27 heavy (non-hydrogen) atoms. The zero-order chi connectivity index (χ0) is 19.4. The van der Waals surface area contributed by atoms with Crippen LogP contribution < -0.4 is 0 Å². The molecule has 0 saturated heterocycles. The Morgan fingerprint density at radius 3 is 2.56 bits per heavy atom. The van der Waals surface area contributed by atoms with E-state index in [1.165, 1.54) is 30.3 Å². The van der Waals surface area contributed by atoms with Gasteiger partial charge < -0.3 is 19.6 Å². The Bertz CT molecular complexity index is 1110. The first-order valence-electron chi connectivity index (χ1n) is 8.10. The van der Waals surface area contributed by atoms with Crippen LogP contribution in [0.4, 0.5) is 0 Å². The summed E-state index contributed by atoms with van der Waals surface area (Å²) in [6.45, 7) is 7.56. The summed E-state index contributed by atoms with van der Waals surface area (Å²) < 4.78 is 1.77. The quantitative estimate of drug-likeness (QED) is 0.317. The molecule has 0 aliphatic heterocycles. The number of ketones is 1. The molecule has 3 rings (SSSR count). The van der Waals surface area contributed by atoms with E-state index in [1.807, 2.05) is 24.3 Å². The van der Waals surface area contributed by atoms with Gasteiger partial charge in [-0.15, -0.1) is 0 Å². The Kier molecular flexibility index (Phi) is 5.14. The smallest absolute Gasteiger partial charge is 0.234 e. The molecule has 2 aromatic carbocycles. The van der Waals surface area contributed by atoms with Gasteiger partial charge >= 0.3 is 0 Å². The van der Waals surface area contributed by atoms with E-state index in [0.29, 0.717) is 5.56 Å². The molecule has 0 spiro atoms. The van der Waals surface area contributed by atoms with Crippen molar-refractivity contribution in [3.63, 3.8) is 0 Å². The van der Waals surface area contributed by atoms with Crippen LogP contribution in [-0.2, 0) is 6.54 Å². The molecule has 0 bridgehead atoms. The van der Waals surface area contributed by atoms with Gasteiger partial charge in [0.1, 0.15) is 6.54 Å². The minimum absolute atomic E-state index is 0.0628. The van der Waals surface area contributed by atoms with Gasteiger partial charge in [-0.25, -0.2) is 4.85 Å². The number of aliphatic hydroxyl groups is 2. The molecule has 0 atom stereocenters. The monoisotopic (exact) mass is 357 g/mol. The fourth-order valence-electron chi connectivity index (χ4n) is 2.85. The number of hydrogen-bond donors (Lipinski definition) is 2.